The maximum atomic E-state index is 13.0. The van der Waals surface area contributed by atoms with E-state index in [4.69, 9.17) is 4.98 Å². The van der Waals surface area contributed by atoms with Gasteiger partial charge >= 0.3 is 0 Å². The number of sulfonamides is 1. The Balaban J connectivity index is 1.42. The van der Waals surface area contributed by atoms with Crippen molar-refractivity contribution < 1.29 is 18.0 Å². The molecule has 1 aliphatic heterocycles. The van der Waals surface area contributed by atoms with E-state index in [9.17, 15) is 18.0 Å². The number of anilines is 2. The number of hydrogen-bond acceptors (Lipinski definition) is 6. The summed E-state index contributed by atoms with van der Waals surface area (Å²) in [6, 6.07) is 12.7. The highest BCUT2D eigenvalue weighted by molar-refractivity contribution is 7.89. The number of benzene rings is 2. The topological polar surface area (TPSA) is 108 Å². The Bertz CT molecular complexity index is 1460. The van der Waals surface area contributed by atoms with Crippen molar-refractivity contribution in [3.05, 3.63) is 58.5 Å². The highest BCUT2D eigenvalue weighted by Gasteiger charge is 2.23. The summed E-state index contributed by atoms with van der Waals surface area (Å²) in [7, 11) is -3.53. The lowest BCUT2D eigenvalue weighted by atomic mass is 10.0. The van der Waals surface area contributed by atoms with Crippen LogP contribution in [0, 0.1) is 5.92 Å². The third-order valence-corrected chi connectivity index (χ3v) is 9.59. The number of nitrogens with zero attached hydrogens (tertiary/aromatic N) is 2. The van der Waals surface area contributed by atoms with Crippen LogP contribution < -0.4 is 10.6 Å². The SMILES string of the molecule is CCCN(CCC)S(=O)(=O)c1ccc(CCC(=O)Nc2nc(-c3ccc4c(c3)CC(=O)N4)c(CC(C)C)s2)cc1. The predicted molar refractivity (Wildman–Crippen MR) is 161 cm³/mol. The van der Waals surface area contributed by atoms with Crippen LogP contribution in [0.2, 0.25) is 0 Å². The average molecular weight is 583 g/mol. The Labute approximate surface area is 241 Å². The largest absolute Gasteiger partial charge is 0.326 e. The van der Waals surface area contributed by atoms with Crippen molar-refractivity contribution in [2.75, 3.05) is 23.7 Å². The molecular formula is C30H38N4O4S2. The number of carbonyl (C=O) groups is 2. The molecule has 214 valence electrons. The standard InChI is InChI=1S/C30H38N4O4S2/c1-5-15-34(16-6-2)40(37,38)24-11-7-21(8-12-24)9-14-27(35)32-30-33-29(26(39-30)17-20(3)4)22-10-13-25-23(18-22)19-28(36)31-25/h7-8,10-13,18,20H,5-6,9,14-17,19H2,1-4H3,(H,31,36)(H,32,33,35). The van der Waals surface area contributed by atoms with E-state index in [1.54, 1.807) is 24.3 Å². The molecule has 0 bridgehead atoms. The van der Waals surface area contributed by atoms with Gasteiger partial charge in [0.1, 0.15) is 0 Å². The second kappa shape index (κ2) is 13.1. The maximum Gasteiger partial charge on any atom is 0.243 e. The van der Waals surface area contributed by atoms with Crippen molar-refractivity contribution in [3.8, 4) is 11.3 Å². The van der Waals surface area contributed by atoms with Gasteiger partial charge in [0, 0.05) is 35.6 Å². The van der Waals surface area contributed by atoms with Crippen LogP contribution in [0.4, 0.5) is 10.8 Å². The molecule has 0 unspecified atom stereocenters. The van der Waals surface area contributed by atoms with Crippen molar-refractivity contribution in [2.24, 2.45) is 5.92 Å². The third-order valence-electron chi connectivity index (χ3n) is 6.69. The van der Waals surface area contributed by atoms with Crippen LogP contribution in [-0.2, 0) is 38.9 Å². The Morgan fingerprint density at radius 2 is 1.80 bits per heavy atom. The summed E-state index contributed by atoms with van der Waals surface area (Å²) >= 11 is 1.48. The molecule has 0 aliphatic carbocycles. The number of nitrogens with one attached hydrogen (secondary N) is 2. The molecule has 2 amide bonds. The first-order valence-corrected chi connectivity index (χ1v) is 16.2. The number of fused-ring (bicyclic) bond motifs is 1. The third kappa shape index (κ3) is 7.16. The Morgan fingerprint density at radius 3 is 2.45 bits per heavy atom. The molecule has 40 heavy (non-hydrogen) atoms. The van der Waals surface area contributed by atoms with Gasteiger partial charge in [-0.25, -0.2) is 13.4 Å². The molecule has 2 N–H and O–H groups in total. The number of amides is 2. The molecular weight excluding hydrogens is 544 g/mol. The number of aryl methyl sites for hydroxylation is 1. The van der Waals surface area contributed by atoms with E-state index in [-0.39, 0.29) is 23.1 Å². The molecule has 0 saturated carbocycles. The second-order valence-corrected chi connectivity index (χ2v) is 13.6. The van der Waals surface area contributed by atoms with Crippen LogP contribution >= 0.6 is 11.3 Å². The average Bonchev–Trinajstić information content (AvgIpc) is 3.48. The molecule has 4 rings (SSSR count). The summed E-state index contributed by atoms with van der Waals surface area (Å²) in [6.07, 6.45) is 3.46. The lowest BCUT2D eigenvalue weighted by molar-refractivity contribution is -0.116. The van der Waals surface area contributed by atoms with Crippen LogP contribution in [0.25, 0.3) is 11.3 Å². The summed E-state index contributed by atoms with van der Waals surface area (Å²) in [6.45, 7) is 9.23. The number of thiazole rings is 1. The minimum Gasteiger partial charge on any atom is -0.326 e. The van der Waals surface area contributed by atoms with E-state index < -0.39 is 10.0 Å². The number of hydrogen-bond donors (Lipinski definition) is 2. The van der Waals surface area contributed by atoms with Crippen LogP contribution in [0.5, 0.6) is 0 Å². The molecule has 0 atom stereocenters. The van der Waals surface area contributed by atoms with E-state index in [2.05, 4.69) is 24.5 Å². The van der Waals surface area contributed by atoms with Gasteiger partial charge in [-0.15, -0.1) is 11.3 Å². The summed E-state index contributed by atoms with van der Waals surface area (Å²) in [5.74, 6) is 0.268. The van der Waals surface area contributed by atoms with Gasteiger partial charge < -0.3 is 10.6 Å². The number of aromatic nitrogens is 1. The van der Waals surface area contributed by atoms with Crippen molar-refractivity contribution >= 4 is 44.0 Å². The van der Waals surface area contributed by atoms with E-state index in [1.165, 1.54) is 15.6 Å². The van der Waals surface area contributed by atoms with E-state index in [0.29, 0.717) is 37.0 Å². The number of carbonyl (C=O) groups excluding carboxylic acids is 2. The summed E-state index contributed by atoms with van der Waals surface area (Å²) < 4.78 is 27.5. The molecule has 2 aromatic carbocycles. The Kier molecular flexibility index (Phi) is 9.76. The Morgan fingerprint density at radius 1 is 1.10 bits per heavy atom. The van der Waals surface area contributed by atoms with Gasteiger partial charge in [0.2, 0.25) is 21.8 Å². The fourth-order valence-electron chi connectivity index (χ4n) is 4.78. The Hall–Kier alpha value is -3.08. The van der Waals surface area contributed by atoms with Gasteiger partial charge in [-0.3, -0.25) is 9.59 Å². The van der Waals surface area contributed by atoms with Gasteiger partial charge in [-0.2, -0.15) is 4.31 Å². The molecule has 10 heteroatoms. The smallest absolute Gasteiger partial charge is 0.243 e. The summed E-state index contributed by atoms with van der Waals surface area (Å²) in [5, 5.41) is 6.37. The van der Waals surface area contributed by atoms with E-state index >= 15 is 0 Å². The van der Waals surface area contributed by atoms with E-state index in [1.807, 2.05) is 32.0 Å². The van der Waals surface area contributed by atoms with Crippen LogP contribution in [0.15, 0.2) is 47.4 Å². The molecule has 0 spiro atoms. The summed E-state index contributed by atoms with van der Waals surface area (Å²) in [4.78, 5) is 30.8. The molecule has 1 aliphatic rings. The van der Waals surface area contributed by atoms with Gasteiger partial charge in [0.25, 0.3) is 0 Å². The fraction of sp³-hybridized carbons (Fsp3) is 0.433. The zero-order valence-corrected chi connectivity index (χ0v) is 25.3. The first-order chi connectivity index (χ1) is 19.1. The zero-order valence-electron chi connectivity index (χ0n) is 23.6. The van der Waals surface area contributed by atoms with Crippen LogP contribution in [-0.4, -0.2) is 42.6 Å². The van der Waals surface area contributed by atoms with E-state index in [0.717, 1.165) is 52.2 Å². The quantitative estimate of drug-likeness (QED) is 0.261. The number of rotatable bonds is 13. The molecule has 8 nitrogen and oxygen atoms in total. The molecule has 0 saturated heterocycles. The minimum absolute atomic E-state index is 0.00740. The monoisotopic (exact) mass is 582 g/mol. The molecule has 0 fully saturated rings. The predicted octanol–water partition coefficient (Wildman–Crippen LogP) is 5.89. The summed E-state index contributed by atoms with van der Waals surface area (Å²) in [5.41, 5.74) is 4.47. The fourth-order valence-corrected chi connectivity index (χ4v) is 7.62. The maximum absolute atomic E-state index is 13.0. The molecule has 0 radical (unpaired) electrons. The lowest BCUT2D eigenvalue weighted by Gasteiger charge is -2.21. The van der Waals surface area contributed by atoms with Crippen molar-refractivity contribution in [3.63, 3.8) is 0 Å². The first-order valence-electron chi connectivity index (χ1n) is 13.9. The van der Waals surface area contributed by atoms with Gasteiger partial charge in [0.15, 0.2) is 5.13 Å². The van der Waals surface area contributed by atoms with Crippen molar-refractivity contribution in [1.29, 1.82) is 0 Å². The highest BCUT2D eigenvalue weighted by atomic mass is 32.2. The normalized spacial score (nSPS) is 13.1. The second-order valence-electron chi connectivity index (χ2n) is 10.6. The van der Waals surface area contributed by atoms with Crippen molar-refractivity contribution in [1.82, 2.24) is 9.29 Å². The van der Waals surface area contributed by atoms with Crippen LogP contribution in [0.3, 0.4) is 0 Å². The molecule has 3 aromatic rings. The first kappa shape index (κ1) is 29.9. The zero-order chi connectivity index (χ0) is 28.9. The van der Waals surface area contributed by atoms with Gasteiger partial charge in [0.05, 0.1) is 17.0 Å². The highest BCUT2D eigenvalue weighted by Crippen LogP contribution is 2.36. The molecule has 2 heterocycles. The van der Waals surface area contributed by atoms with Crippen molar-refractivity contribution in [2.45, 2.75) is 71.1 Å². The lowest BCUT2D eigenvalue weighted by Crippen LogP contribution is -2.32. The minimum atomic E-state index is -3.53. The molecule has 1 aromatic heterocycles. The van der Waals surface area contributed by atoms with Crippen LogP contribution in [0.1, 0.15) is 63.0 Å². The van der Waals surface area contributed by atoms with Gasteiger partial charge in [-0.05, 0) is 67.0 Å². The van der Waals surface area contributed by atoms with Gasteiger partial charge in [-0.1, -0.05) is 45.9 Å².